The van der Waals surface area contributed by atoms with E-state index in [2.05, 4.69) is 172 Å². The maximum atomic E-state index is 2.26. The maximum Gasteiger partial charge on any atom is -0.0103 e. The zero-order valence-corrected chi connectivity index (χ0v) is 23.9. The fourth-order valence-corrected chi connectivity index (χ4v) is 5.68. The first-order chi connectivity index (χ1) is 20.1. The molecule has 0 N–H and O–H groups in total. The first-order valence-corrected chi connectivity index (χ1v) is 14.3. The van der Waals surface area contributed by atoms with Gasteiger partial charge in [0.25, 0.3) is 0 Å². The topological polar surface area (TPSA) is 0 Å². The zero-order valence-electron chi connectivity index (χ0n) is 23.9. The summed E-state index contributed by atoms with van der Waals surface area (Å²) in [6, 6.07) is 53.9. The average molecular weight is 527 g/mol. The van der Waals surface area contributed by atoms with Gasteiger partial charge in [0.05, 0.1) is 0 Å². The Kier molecular flexibility index (Phi) is 7.48. The second kappa shape index (κ2) is 11.7. The fourth-order valence-electron chi connectivity index (χ4n) is 5.68. The van der Waals surface area contributed by atoms with E-state index in [0.717, 1.165) is 0 Å². The second-order valence-electron chi connectivity index (χ2n) is 10.8. The molecule has 0 amide bonds. The lowest BCUT2D eigenvalue weighted by Gasteiger charge is -2.06. The van der Waals surface area contributed by atoms with E-state index in [1.54, 1.807) is 0 Å². The predicted molar refractivity (Wildman–Crippen MR) is 181 cm³/mol. The van der Waals surface area contributed by atoms with Crippen LogP contribution >= 0.6 is 0 Å². The van der Waals surface area contributed by atoms with E-state index in [1.165, 1.54) is 70.6 Å². The summed E-state index contributed by atoms with van der Waals surface area (Å²) in [5.41, 5.74) is 3.99. The van der Waals surface area contributed by atoms with Gasteiger partial charge >= 0.3 is 0 Å². The second-order valence-corrected chi connectivity index (χ2v) is 10.8. The molecule has 0 heterocycles. The molecule has 41 heavy (non-hydrogen) atoms. The van der Waals surface area contributed by atoms with Gasteiger partial charge < -0.3 is 0 Å². The minimum Gasteiger partial charge on any atom is -0.0616 e. The maximum absolute atomic E-state index is 2.26. The molecule has 8 rings (SSSR count). The van der Waals surface area contributed by atoms with E-state index < -0.39 is 0 Å². The highest BCUT2D eigenvalue weighted by Gasteiger charge is 2.02. The molecule has 0 aromatic heterocycles. The molecule has 0 heteroatoms. The molecule has 0 nitrogen and oxygen atoms in total. The Balaban J connectivity index is 0.000000112. The lowest BCUT2D eigenvalue weighted by atomic mass is 9.98. The van der Waals surface area contributed by atoms with Gasteiger partial charge in [-0.2, -0.15) is 0 Å². The molecular formula is C41H34. The first-order valence-electron chi connectivity index (χ1n) is 14.3. The van der Waals surface area contributed by atoms with Crippen LogP contribution in [0.25, 0.3) is 53.9 Å². The molecule has 8 aromatic rings. The third-order valence-corrected chi connectivity index (χ3v) is 7.78. The summed E-state index contributed by atoms with van der Waals surface area (Å²) in [5, 5.41) is 13.4. The number of hydrogen-bond donors (Lipinski definition) is 0. The van der Waals surface area contributed by atoms with E-state index >= 15 is 0 Å². The molecule has 0 atom stereocenters. The van der Waals surface area contributed by atoms with Crippen molar-refractivity contribution in [3.05, 3.63) is 168 Å². The number of benzene rings is 8. The number of hydrogen-bond acceptors (Lipinski definition) is 0. The lowest BCUT2D eigenvalue weighted by Crippen LogP contribution is -1.81. The van der Waals surface area contributed by atoms with Gasteiger partial charge in [-0.05, 0) is 80.2 Å². The molecule has 0 unspecified atom stereocenters. The summed E-state index contributed by atoms with van der Waals surface area (Å²) in [6.07, 6.45) is 0. The molecule has 0 aliphatic heterocycles. The monoisotopic (exact) mass is 526 g/mol. The number of fused-ring (bicyclic) bond motifs is 7. The standard InChI is InChI=1S/2C15H12.C11H10/c1-11-10-12-6-2-3-8-14(12)15-9-5-4-7-13(11)15;1-11-6-9-15-13(10-11)8-7-12-4-2-3-5-14(12)15;1-9-6-7-10-4-2-3-5-11(10)8-9/h2*2-10H,1H3;2-8H,1H3. The van der Waals surface area contributed by atoms with E-state index in [-0.39, 0.29) is 0 Å². The Hall–Kier alpha value is -4.94. The van der Waals surface area contributed by atoms with Crippen molar-refractivity contribution in [3.8, 4) is 0 Å². The fraction of sp³-hybridized carbons (Fsp3) is 0.0732. The average Bonchev–Trinajstić information content (AvgIpc) is 3.01. The Labute approximate surface area is 242 Å². The van der Waals surface area contributed by atoms with Gasteiger partial charge in [-0.15, -0.1) is 0 Å². The van der Waals surface area contributed by atoms with E-state index in [4.69, 9.17) is 0 Å². The van der Waals surface area contributed by atoms with Crippen molar-refractivity contribution in [2.75, 3.05) is 0 Å². The molecule has 0 bridgehead atoms. The van der Waals surface area contributed by atoms with Crippen molar-refractivity contribution in [2.24, 2.45) is 0 Å². The van der Waals surface area contributed by atoms with E-state index in [9.17, 15) is 0 Å². The van der Waals surface area contributed by atoms with Crippen LogP contribution in [0.5, 0.6) is 0 Å². The van der Waals surface area contributed by atoms with Crippen LogP contribution in [0.2, 0.25) is 0 Å². The van der Waals surface area contributed by atoms with Crippen molar-refractivity contribution in [2.45, 2.75) is 20.8 Å². The third kappa shape index (κ3) is 5.69. The minimum absolute atomic E-state index is 1.31. The normalized spacial score (nSPS) is 10.8. The largest absolute Gasteiger partial charge is 0.0616 e. The van der Waals surface area contributed by atoms with Crippen LogP contribution in [0, 0.1) is 20.8 Å². The molecule has 0 radical (unpaired) electrons. The minimum atomic E-state index is 1.31. The van der Waals surface area contributed by atoms with Crippen LogP contribution in [0.1, 0.15) is 16.7 Å². The summed E-state index contributed by atoms with van der Waals surface area (Å²) < 4.78 is 0. The molecular weight excluding hydrogens is 492 g/mol. The van der Waals surface area contributed by atoms with Crippen molar-refractivity contribution >= 4 is 53.9 Å². The third-order valence-electron chi connectivity index (χ3n) is 7.78. The van der Waals surface area contributed by atoms with Crippen molar-refractivity contribution < 1.29 is 0 Å². The van der Waals surface area contributed by atoms with Gasteiger partial charge in [0, 0.05) is 0 Å². The van der Waals surface area contributed by atoms with Gasteiger partial charge in [0.2, 0.25) is 0 Å². The summed E-state index contributed by atoms with van der Waals surface area (Å²) >= 11 is 0. The van der Waals surface area contributed by atoms with Gasteiger partial charge in [0.1, 0.15) is 0 Å². The summed E-state index contributed by atoms with van der Waals surface area (Å²) in [5.74, 6) is 0. The van der Waals surface area contributed by atoms with Gasteiger partial charge in [-0.1, -0.05) is 163 Å². The van der Waals surface area contributed by atoms with Crippen LogP contribution < -0.4 is 0 Å². The van der Waals surface area contributed by atoms with Crippen LogP contribution in [-0.4, -0.2) is 0 Å². The van der Waals surface area contributed by atoms with E-state index in [0.29, 0.717) is 0 Å². The van der Waals surface area contributed by atoms with Gasteiger partial charge in [-0.3, -0.25) is 0 Å². The van der Waals surface area contributed by atoms with Crippen LogP contribution in [0.4, 0.5) is 0 Å². The highest BCUT2D eigenvalue weighted by atomic mass is 14.1. The highest BCUT2D eigenvalue weighted by Crippen LogP contribution is 2.28. The zero-order chi connectivity index (χ0) is 28.2. The summed E-state index contributed by atoms with van der Waals surface area (Å²) in [4.78, 5) is 0. The number of aryl methyl sites for hydroxylation is 3. The van der Waals surface area contributed by atoms with Crippen LogP contribution in [0.3, 0.4) is 0 Å². The lowest BCUT2D eigenvalue weighted by molar-refractivity contribution is 1.51. The Morgan fingerprint density at radius 2 is 0.683 bits per heavy atom. The highest BCUT2D eigenvalue weighted by molar-refractivity contribution is 6.09. The summed E-state index contributed by atoms with van der Waals surface area (Å²) in [6.45, 7) is 6.43. The summed E-state index contributed by atoms with van der Waals surface area (Å²) in [7, 11) is 0. The molecule has 0 aliphatic rings. The Morgan fingerprint density at radius 1 is 0.268 bits per heavy atom. The van der Waals surface area contributed by atoms with Crippen molar-refractivity contribution in [1.29, 1.82) is 0 Å². The molecule has 0 saturated heterocycles. The Morgan fingerprint density at radius 3 is 1.41 bits per heavy atom. The predicted octanol–water partition coefficient (Wildman–Crippen LogP) is 11.8. The molecule has 0 spiro atoms. The van der Waals surface area contributed by atoms with Crippen molar-refractivity contribution in [3.63, 3.8) is 0 Å². The quantitative estimate of drug-likeness (QED) is 0.172. The molecule has 0 fully saturated rings. The molecule has 8 aromatic carbocycles. The Bertz CT molecular complexity index is 2130. The van der Waals surface area contributed by atoms with Crippen molar-refractivity contribution in [1.82, 2.24) is 0 Å². The SMILES string of the molecule is Cc1cc2ccccc2c2ccccc12.Cc1ccc2c(ccc3ccccc32)c1.Cc1ccc2ccccc2c1. The molecule has 0 saturated carbocycles. The van der Waals surface area contributed by atoms with E-state index in [1.807, 2.05) is 0 Å². The smallest absolute Gasteiger partial charge is 0.0103 e. The molecule has 0 aliphatic carbocycles. The van der Waals surface area contributed by atoms with Gasteiger partial charge in [-0.25, -0.2) is 0 Å². The van der Waals surface area contributed by atoms with Crippen LogP contribution in [0.15, 0.2) is 152 Å². The number of rotatable bonds is 0. The van der Waals surface area contributed by atoms with Gasteiger partial charge in [0.15, 0.2) is 0 Å². The molecule has 198 valence electrons. The van der Waals surface area contributed by atoms with Crippen LogP contribution in [-0.2, 0) is 0 Å². The first kappa shape index (κ1) is 26.3.